The maximum Gasteiger partial charge on any atom is 0.260 e. The Morgan fingerprint density at radius 2 is 2.00 bits per heavy atom. The molecule has 0 aliphatic carbocycles. The quantitative estimate of drug-likeness (QED) is 0.551. The lowest BCUT2D eigenvalue weighted by Crippen LogP contribution is -2.17. The fourth-order valence-corrected chi connectivity index (χ4v) is 3.85. The summed E-state index contributed by atoms with van der Waals surface area (Å²) in [6, 6.07) is 6.80. The minimum atomic E-state index is -0.433. The number of hydrogen-bond acceptors (Lipinski definition) is 5. The number of rotatable bonds is 2. The maximum absolute atomic E-state index is 14.3. The summed E-state index contributed by atoms with van der Waals surface area (Å²) in [4.78, 5) is 21.2. The van der Waals surface area contributed by atoms with Crippen molar-refractivity contribution in [1.82, 2.24) is 14.5 Å². The van der Waals surface area contributed by atoms with E-state index in [2.05, 4.69) is 9.97 Å². The lowest BCUT2D eigenvalue weighted by molar-refractivity contribution is 0.412. The summed E-state index contributed by atoms with van der Waals surface area (Å²) < 4.78 is 21.5. The van der Waals surface area contributed by atoms with Gasteiger partial charge in [-0.25, -0.2) is 14.4 Å². The Hall–Kier alpha value is -2.80. The molecule has 0 spiro atoms. The van der Waals surface area contributed by atoms with Crippen molar-refractivity contribution in [2.45, 2.75) is 6.92 Å². The van der Waals surface area contributed by atoms with Crippen LogP contribution >= 0.6 is 11.3 Å². The molecule has 0 saturated carbocycles. The molecule has 0 aliphatic rings. The molecule has 5 nitrogen and oxygen atoms in total. The largest absolute Gasteiger partial charge is 0.497 e. The lowest BCUT2D eigenvalue weighted by Gasteiger charge is -2.06. The van der Waals surface area contributed by atoms with E-state index in [9.17, 15) is 9.18 Å². The maximum atomic E-state index is 14.3. The topological polar surface area (TPSA) is 57.0 Å². The van der Waals surface area contributed by atoms with Gasteiger partial charge in [-0.3, -0.25) is 4.79 Å². The van der Waals surface area contributed by atoms with E-state index >= 15 is 0 Å². The van der Waals surface area contributed by atoms with Gasteiger partial charge in [0.25, 0.3) is 5.56 Å². The zero-order valence-corrected chi connectivity index (χ0v) is 14.6. The smallest absolute Gasteiger partial charge is 0.260 e. The number of thiazole rings is 1. The second-order valence-electron chi connectivity index (χ2n) is 5.84. The van der Waals surface area contributed by atoms with Gasteiger partial charge in [-0.1, -0.05) is 0 Å². The standard InChI is InChI=1S/C18H14FN3O2S/c1-9-4-11(15-12(5-9)18(23)22(2)8-20-15)17-21-16-13(19)6-10(24-3)7-14(16)25-17/h4-8H,1-3H3. The van der Waals surface area contributed by atoms with E-state index in [4.69, 9.17) is 4.74 Å². The van der Waals surface area contributed by atoms with Crippen LogP contribution in [-0.2, 0) is 7.05 Å². The predicted octanol–water partition coefficient (Wildman–Crippen LogP) is 3.67. The Balaban J connectivity index is 2.05. The van der Waals surface area contributed by atoms with Crippen LogP contribution in [0.1, 0.15) is 5.56 Å². The highest BCUT2D eigenvalue weighted by Crippen LogP contribution is 2.36. The first-order valence-corrected chi connectivity index (χ1v) is 8.40. The average Bonchev–Trinajstić information content (AvgIpc) is 3.02. The Morgan fingerprint density at radius 3 is 2.76 bits per heavy atom. The fourth-order valence-electron chi connectivity index (χ4n) is 2.83. The van der Waals surface area contributed by atoms with Crippen LogP contribution in [0.25, 0.3) is 31.7 Å². The number of aromatic nitrogens is 3. The van der Waals surface area contributed by atoms with Crippen molar-refractivity contribution in [2.24, 2.45) is 7.05 Å². The van der Waals surface area contributed by atoms with Crippen LogP contribution in [0.4, 0.5) is 4.39 Å². The van der Waals surface area contributed by atoms with Crippen LogP contribution < -0.4 is 10.3 Å². The van der Waals surface area contributed by atoms with Gasteiger partial charge in [0.05, 0.1) is 29.0 Å². The molecule has 0 atom stereocenters. The molecular formula is C18H14FN3O2S. The van der Waals surface area contributed by atoms with Gasteiger partial charge in [0.15, 0.2) is 5.82 Å². The fraction of sp³-hybridized carbons (Fsp3) is 0.167. The zero-order valence-electron chi connectivity index (χ0n) is 13.8. The number of halogens is 1. The zero-order chi connectivity index (χ0) is 17.7. The predicted molar refractivity (Wildman–Crippen MR) is 96.8 cm³/mol. The van der Waals surface area contributed by atoms with E-state index in [0.717, 1.165) is 11.1 Å². The summed E-state index contributed by atoms with van der Waals surface area (Å²) in [6.07, 6.45) is 1.49. The molecule has 25 heavy (non-hydrogen) atoms. The molecule has 2 heterocycles. The van der Waals surface area contributed by atoms with Crippen molar-refractivity contribution in [3.63, 3.8) is 0 Å². The first-order valence-electron chi connectivity index (χ1n) is 7.58. The summed E-state index contributed by atoms with van der Waals surface area (Å²) in [5, 5.41) is 1.15. The van der Waals surface area contributed by atoms with Gasteiger partial charge in [0, 0.05) is 18.7 Å². The van der Waals surface area contributed by atoms with Crippen molar-refractivity contribution in [3.8, 4) is 16.3 Å². The SMILES string of the molecule is COc1cc(F)c2nc(-c3cc(C)cc4c(=O)n(C)cnc34)sc2c1. The number of fused-ring (bicyclic) bond motifs is 2. The first kappa shape index (κ1) is 15.7. The van der Waals surface area contributed by atoms with Gasteiger partial charge >= 0.3 is 0 Å². The molecule has 0 fully saturated rings. The lowest BCUT2D eigenvalue weighted by atomic mass is 10.1. The number of methoxy groups -OCH3 is 1. The van der Waals surface area contributed by atoms with Crippen molar-refractivity contribution in [1.29, 1.82) is 0 Å². The molecule has 4 rings (SSSR count). The summed E-state index contributed by atoms with van der Waals surface area (Å²) in [7, 11) is 3.16. The number of aryl methyl sites for hydroxylation is 2. The van der Waals surface area contributed by atoms with E-state index in [1.807, 2.05) is 19.1 Å². The number of nitrogens with zero attached hydrogens (tertiary/aromatic N) is 3. The Kier molecular flexibility index (Phi) is 3.54. The van der Waals surface area contributed by atoms with Gasteiger partial charge < -0.3 is 9.30 Å². The third-order valence-corrected chi connectivity index (χ3v) is 5.09. The van der Waals surface area contributed by atoms with Crippen LogP contribution in [0.5, 0.6) is 5.75 Å². The molecule has 2 aromatic heterocycles. The first-order chi connectivity index (χ1) is 12.0. The third kappa shape index (κ3) is 2.47. The number of ether oxygens (including phenoxy) is 1. The van der Waals surface area contributed by atoms with E-state index in [0.29, 0.717) is 31.9 Å². The molecule has 126 valence electrons. The van der Waals surface area contributed by atoms with Crippen LogP contribution in [0.3, 0.4) is 0 Å². The molecular weight excluding hydrogens is 341 g/mol. The summed E-state index contributed by atoms with van der Waals surface area (Å²) >= 11 is 1.35. The molecule has 0 N–H and O–H groups in total. The minimum absolute atomic E-state index is 0.121. The average molecular weight is 355 g/mol. The monoisotopic (exact) mass is 355 g/mol. The molecule has 0 radical (unpaired) electrons. The molecule has 2 aromatic carbocycles. The summed E-state index contributed by atoms with van der Waals surface area (Å²) in [5.74, 6) is 0.0129. The highest BCUT2D eigenvalue weighted by Gasteiger charge is 2.16. The van der Waals surface area contributed by atoms with E-state index in [1.165, 1.54) is 35.4 Å². The summed E-state index contributed by atoms with van der Waals surface area (Å²) in [5.41, 5.74) is 2.39. The minimum Gasteiger partial charge on any atom is -0.497 e. The highest BCUT2D eigenvalue weighted by molar-refractivity contribution is 7.21. The number of benzene rings is 2. The summed E-state index contributed by atoms with van der Waals surface area (Å²) in [6.45, 7) is 1.91. The normalized spacial score (nSPS) is 11.4. The van der Waals surface area contributed by atoms with Crippen molar-refractivity contribution in [3.05, 3.63) is 52.3 Å². The molecule has 0 aliphatic heterocycles. The van der Waals surface area contributed by atoms with E-state index in [-0.39, 0.29) is 5.56 Å². The van der Waals surface area contributed by atoms with E-state index < -0.39 is 5.82 Å². The van der Waals surface area contributed by atoms with E-state index in [1.54, 1.807) is 13.1 Å². The second-order valence-corrected chi connectivity index (χ2v) is 6.87. The Morgan fingerprint density at radius 1 is 1.20 bits per heavy atom. The van der Waals surface area contributed by atoms with Crippen LogP contribution in [0.15, 0.2) is 35.4 Å². The van der Waals surface area contributed by atoms with Crippen molar-refractivity contribution >= 4 is 32.5 Å². The third-order valence-electron chi connectivity index (χ3n) is 4.05. The van der Waals surface area contributed by atoms with Crippen molar-refractivity contribution in [2.75, 3.05) is 7.11 Å². The van der Waals surface area contributed by atoms with Crippen LogP contribution in [-0.4, -0.2) is 21.6 Å². The highest BCUT2D eigenvalue weighted by atomic mass is 32.1. The molecule has 0 saturated heterocycles. The van der Waals surface area contributed by atoms with Crippen LogP contribution in [0.2, 0.25) is 0 Å². The molecule has 0 amide bonds. The number of hydrogen-bond donors (Lipinski definition) is 0. The molecule has 7 heteroatoms. The van der Waals surface area contributed by atoms with Gasteiger partial charge in [0.1, 0.15) is 16.3 Å². The Labute approximate surface area is 146 Å². The van der Waals surface area contributed by atoms with Gasteiger partial charge in [0.2, 0.25) is 0 Å². The van der Waals surface area contributed by atoms with Crippen LogP contribution in [0, 0.1) is 12.7 Å². The Bertz CT molecular complexity index is 1200. The van der Waals surface area contributed by atoms with Gasteiger partial charge in [-0.2, -0.15) is 0 Å². The van der Waals surface area contributed by atoms with Gasteiger partial charge in [-0.15, -0.1) is 11.3 Å². The second kappa shape index (κ2) is 5.63. The molecule has 0 bridgehead atoms. The molecule has 0 unspecified atom stereocenters. The molecule has 4 aromatic rings. The van der Waals surface area contributed by atoms with Crippen molar-refractivity contribution < 1.29 is 9.13 Å². The van der Waals surface area contributed by atoms with Gasteiger partial charge in [-0.05, 0) is 30.7 Å².